The molecule has 5 nitrogen and oxygen atoms in total. The molecule has 0 heterocycles. The van der Waals surface area contributed by atoms with Crippen molar-refractivity contribution in [1.82, 2.24) is 16.0 Å². The number of hydrogen-bond acceptors (Lipinski definition) is 3. The Kier molecular flexibility index (Phi) is 5.36. The largest absolute Gasteiger partial charge is 0.332 e. The molecule has 158 valence electrons. The molecule has 3 N–H and O–H groups in total. The first kappa shape index (κ1) is 20.3. The number of halogens is 2. The van der Waals surface area contributed by atoms with Gasteiger partial charge in [-0.2, -0.15) is 0 Å². The van der Waals surface area contributed by atoms with E-state index >= 15 is 0 Å². The van der Waals surface area contributed by atoms with Crippen LogP contribution in [0.1, 0.15) is 64.0 Å². The molecule has 4 bridgehead atoms. The monoisotopic (exact) mass is 405 g/mol. The molecule has 29 heavy (non-hydrogen) atoms. The molecule has 0 saturated heterocycles. The Morgan fingerprint density at radius 1 is 1.03 bits per heavy atom. The van der Waals surface area contributed by atoms with Gasteiger partial charge in [0.25, 0.3) is 0 Å². The maximum atomic E-state index is 13.9. The summed E-state index contributed by atoms with van der Waals surface area (Å²) < 4.78 is 27.0. The molecule has 4 saturated carbocycles. The first-order valence-electron chi connectivity index (χ1n) is 10.6. The Labute approximate surface area is 170 Å². The second-order valence-corrected chi connectivity index (χ2v) is 9.42. The standard InChI is InChI=1S/C22H29F2N3O2/c1-12(18-4-3-17(23)8-19(18)24)25-13(2)20(28)26-21(29)27-22-9-14-5-15(10-22)7-16(6-14)11-22/h3-4,8,12-16,25H,5-7,9-11H2,1-2H3,(H2,26,27,28,29)/t12-,13+,14?,15?,16?,22?/m0/s1. The van der Waals surface area contributed by atoms with E-state index in [4.69, 9.17) is 0 Å². The average molecular weight is 405 g/mol. The van der Waals surface area contributed by atoms with Crippen LogP contribution < -0.4 is 16.0 Å². The van der Waals surface area contributed by atoms with Gasteiger partial charge in [-0.25, -0.2) is 13.6 Å². The summed E-state index contributed by atoms with van der Waals surface area (Å²) in [6.45, 7) is 3.31. The first-order valence-corrected chi connectivity index (χ1v) is 10.6. The number of nitrogens with one attached hydrogen (secondary N) is 3. The molecule has 1 aromatic rings. The van der Waals surface area contributed by atoms with Crippen molar-refractivity contribution < 1.29 is 18.4 Å². The minimum absolute atomic E-state index is 0.166. The molecule has 0 spiro atoms. The fraction of sp³-hybridized carbons (Fsp3) is 0.636. The van der Waals surface area contributed by atoms with Crippen LogP contribution in [-0.2, 0) is 4.79 Å². The topological polar surface area (TPSA) is 70.2 Å². The normalized spacial score (nSPS) is 31.9. The highest BCUT2D eigenvalue weighted by Gasteiger charge is 2.51. The summed E-state index contributed by atoms with van der Waals surface area (Å²) in [5.74, 6) is 0.308. The van der Waals surface area contributed by atoms with Gasteiger partial charge in [0.15, 0.2) is 0 Å². The minimum atomic E-state index is -0.712. The van der Waals surface area contributed by atoms with Crippen molar-refractivity contribution in [2.24, 2.45) is 17.8 Å². The molecule has 4 aliphatic carbocycles. The molecule has 0 aromatic heterocycles. The SMILES string of the molecule is C[C@H](N[C@H](C)C(=O)NC(=O)NC12CC3CC(CC(C3)C1)C2)c1ccc(F)cc1F. The molecule has 5 rings (SSSR count). The zero-order valence-electron chi connectivity index (χ0n) is 16.9. The maximum absolute atomic E-state index is 13.9. The number of imide groups is 1. The summed E-state index contributed by atoms with van der Waals surface area (Å²) in [5, 5.41) is 8.51. The Morgan fingerprint density at radius 3 is 2.17 bits per heavy atom. The lowest BCUT2D eigenvalue weighted by atomic mass is 9.53. The van der Waals surface area contributed by atoms with Crippen molar-refractivity contribution in [3.8, 4) is 0 Å². The van der Waals surface area contributed by atoms with E-state index in [1.807, 2.05) is 0 Å². The van der Waals surface area contributed by atoms with Crippen LogP contribution in [0.4, 0.5) is 13.6 Å². The van der Waals surface area contributed by atoms with Crippen LogP contribution in [0.3, 0.4) is 0 Å². The highest BCUT2D eigenvalue weighted by atomic mass is 19.1. The minimum Gasteiger partial charge on any atom is -0.332 e. The summed E-state index contributed by atoms with van der Waals surface area (Å²) in [4.78, 5) is 25.0. The Bertz CT molecular complexity index is 778. The van der Waals surface area contributed by atoms with Crippen LogP contribution in [0.25, 0.3) is 0 Å². The zero-order chi connectivity index (χ0) is 20.8. The van der Waals surface area contributed by atoms with Crippen LogP contribution in [-0.4, -0.2) is 23.5 Å². The number of carbonyl (C=O) groups is 2. The van der Waals surface area contributed by atoms with Crippen LogP contribution in [0.15, 0.2) is 18.2 Å². The van der Waals surface area contributed by atoms with E-state index in [0.717, 1.165) is 25.3 Å². The molecule has 4 fully saturated rings. The Hall–Kier alpha value is -2.02. The van der Waals surface area contributed by atoms with Gasteiger partial charge in [-0.3, -0.25) is 15.4 Å². The number of urea groups is 1. The summed E-state index contributed by atoms with van der Waals surface area (Å²) >= 11 is 0. The van der Waals surface area contributed by atoms with E-state index in [-0.39, 0.29) is 11.1 Å². The lowest BCUT2D eigenvalue weighted by Gasteiger charge is -2.56. The lowest BCUT2D eigenvalue weighted by Crippen LogP contribution is -2.62. The van der Waals surface area contributed by atoms with Crippen LogP contribution in [0.2, 0.25) is 0 Å². The second-order valence-electron chi connectivity index (χ2n) is 9.42. The van der Waals surface area contributed by atoms with Gasteiger partial charge in [0.05, 0.1) is 6.04 Å². The number of benzene rings is 1. The molecule has 1 aromatic carbocycles. The van der Waals surface area contributed by atoms with Gasteiger partial charge in [0.1, 0.15) is 11.6 Å². The molecular formula is C22H29F2N3O2. The lowest BCUT2D eigenvalue weighted by molar-refractivity contribution is -0.121. The fourth-order valence-electron chi connectivity index (χ4n) is 6.15. The van der Waals surface area contributed by atoms with Gasteiger partial charge >= 0.3 is 6.03 Å². The molecular weight excluding hydrogens is 376 g/mol. The predicted octanol–water partition coefficient (Wildman–Crippen LogP) is 3.80. The molecule has 3 amide bonds. The van der Waals surface area contributed by atoms with E-state index in [0.29, 0.717) is 17.8 Å². The van der Waals surface area contributed by atoms with Gasteiger partial charge < -0.3 is 5.32 Å². The van der Waals surface area contributed by atoms with E-state index in [2.05, 4.69) is 16.0 Å². The summed E-state index contributed by atoms with van der Waals surface area (Å²) in [6, 6.07) is 1.68. The third-order valence-corrected chi connectivity index (χ3v) is 6.98. The van der Waals surface area contributed by atoms with Crippen molar-refractivity contribution in [3.63, 3.8) is 0 Å². The summed E-state index contributed by atoms with van der Waals surface area (Å²) in [7, 11) is 0. The number of hydrogen-bond donors (Lipinski definition) is 3. The van der Waals surface area contributed by atoms with E-state index < -0.39 is 35.7 Å². The van der Waals surface area contributed by atoms with Crippen molar-refractivity contribution in [2.75, 3.05) is 0 Å². The quantitative estimate of drug-likeness (QED) is 0.698. The van der Waals surface area contributed by atoms with Crippen molar-refractivity contribution in [2.45, 2.75) is 70.0 Å². The summed E-state index contributed by atoms with van der Waals surface area (Å²) in [6.07, 6.45) is 6.86. The average Bonchev–Trinajstić information content (AvgIpc) is 2.59. The first-order chi connectivity index (χ1) is 13.7. The number of carbonyl (C=O) groups excluding carboxylic acids is 2. The van der Waals surface area contributed by atoms with Crippen molar-refractivity contribution >= 4 is 11.9 Å². The highest BCUT2D eigenvalue weighted by molar-refractivity contribution is 5.97. The third-order valence-electron chi connectivity index (χ3n) is 6.98. The smallest absolute Gasteiger partial charge is 0.321 e. The Balaban J connectivity index is 1.31. The number of rotatable bonds is 5. The van der Waals surface area contributed by atoms with Crippen LogP contribution in [0.5, 0.6) is 0 Å². The molecule has 0 aliphatic heterocycles. The predicted molar refractivity (Wildman–Crippen MR) is 105 cm³/mol. The van der Waals surface area contributed by atoms with Gasteiger partial charge in [0.2, 0.25) is 5.91 Å². The van der Waals surface area contributed by atoms with Gasteiger partial charge in [-0.1, -0.05) is 6.07 Å². The molecule has 0 radical (unpaired) electrons. The number of amides is 3. The summed E-state index contributed by atoms with van der Waals surface area (Å²) in [5.41, 5.74) is 0.101. The van der Waals surface area contributed by atoms with Crippen LogP contribution >= 0.6 is 0 Å². The molecule has 2 atom stereocenters. The Morgan fingerprint density at radius 2 is 1.62 bits per heavy atom. The van der Waals surface area contributed by atoms with Gasteiger partial charge in [-0.15, -0.1) is 0 Å². The van der Waals surface area contributed by atoms with E-state index in [1.165, 1.54) is 31.4 Å². The van der Waals surface area contributed by atoms with Crippen molar-refractivity contribution in [3.05, 3.63) is 35.4 Å². The fourth-order valence-corrected chi connectivity index (χ4v) is 6.15. The molecule has 7 heteroatoms. The van der Waals surface area contributed by atoms with E-state index in [1.54, 1.807) is 13.8 Å². The zero-order valence-corrected chi connectivity index (χ0v) is 16.9. The maximum Gasteiger partial charge on any atom is 0.321 e. The van der Waals surface area contributed by atoms with E-state index in [9.17, 15) is 18.4 Å². The van der Waals surface area contributed by atoms with Gasteiger partial charge in [-0.05, 0) is 76.2 Å². The van der Waals surface area contributed by atoms with Crippen LogP contribution in [0, 0.1) is 29.4 Å². The molecule has 4 aliphatic rings. The van der Waals surface area contributed by atoms with Gasteiger partial charge in [0, 0.05) is 23.2 Å². The highest BCUT2D eigenvalue weighted by Crippen LogP contribution is 2.55. The molecule has 0 unspecified atom stereocenters. The second kappa shape index (κ2) is 7.67. The third kappa shape index (κ3) is 4.29. The van der Waals surface area contributed by atoms with Crippen molar-refractivity contribution in [1.29, 1.82) is 0 Å².